The molecule has 5 nitrogen and oxygen atoms in total. The van der Waals surface area contributed by atoms with E-state index in [0.717, 1.165) is 0 Å². The third-order valence-corrected chi connectivity index (χ3v) is 3.89. The number of hydrogen-bond acceptors (Lipinski definition) is 3. The number of likely N-dealkylation sites (tertiary alicyclic amines) is 1. The molecule has 1 heterocycles. The lowest BCUT2D eigenvalue weighted by atomic mass is 9.97. The Labute approximate surface area is 133 Å². The van der Waals surface area contributed by atoms with Crippen LogP contribution in [0.3, 0.4) is 0 Å². The van der Waals surface area contributed by atoms with Crippen LogP contribution in [0.15, 0.2) is 18.2 Å². The Morgan fingerprint density at radius 2 is 2.09 bits per heavy atom. The lowest BCUT2D eigenvalue weighted by molar-refractivity contribution is -0.149. The fourth-order valence-electron chi connectivity index (χ4n) is 2.37. The van der Waals surface area contributed by atoms with Crippen LogP contribution in [-0.2, 0) is 9.53 Å². The van der Waals surface area contributed by atoms with Gasteiger partial charge in [-0.25, -0.2) is 9.18 Å². The summed E-state index contributed by atoms with van der Waals surface area (Å²) in [5.74, 6) is -1.05. The number of rotatable bonds is 3. The smallest absolute Gasteiger partial charge is 0.321 e. The van der Waals surface area contributed by atoms with Crippen molar-refractivity contribution in [3.05, 3.63) is 29.0 Å². The Balaban J connectivity index is 1.90. The van der Waals surface area contributed by atoms with Crippen molar-refractivity contribution in [2.24, 2.45) is 5.92 Å². The molecule has 1 aliphatic rings. The first kappa shape index (κ1) is 16.5. The second-order valence-corrected chi connectivity index (χ2v) is 5.45. The zero-order valence-electron chi connectivity index (χ0n) is 12.3. The number of halogens is 2. The fraction of sp³-hybridized carbons (Fsp3) is 0.467. The van der Waals surface area contributed by atoms with Gasteiger partial charge in [0.15, 0.2) is 5.82 Å². The zero-order valence-corrected chi connectivity index (χ0v) is 13.0. The van der Waals surface area contributed by atoms with Crippen molar-refractivity contribution in [2.75, 3.05) is 25.0 Å². The number of esters is 1. The number of anilines is 1. The largest absolute Gasteiger partial charge is 0.466 e. The third-order valence-electron chi connectivity index (χ3n) is 3.60. The number of nitrogens with one attached hydrogen (secondary N) is 1. The van der Waals surface area contributed by atoms with Gasteiger partial charge in [-0.1, -0.05) is 17.7 Å². The molecule has 0 aliphatic carbocycles. The molecule has 1 fully saturated rings. The van der Waals surface area contributed by atoms with E-state index in [-0.39, 0.29) is 22.6 Å². The molecule has 0 aromatic heterocycles. The summed E-state index contributed by atoms with van der Waals surface area (Å²) in [6, 6.07) is 4.03. The highest BCUT2D eigenvalue weighted by Gasteiger charge is 2.28. The highest BCUT2D eigenvalue weighted by atomic mass is 35.5. The molecule has 1 saturated heterocycles. The fourth-order valence-corrected chi connectivity index (χ4v) is 2.55. The molecule has 120 valence electrons. The van der Waals surface area contributed by atoms with Crippen LogP contribution in [0.2, 0.25) is 5.02 Å². The van der Waals surface area contributed by atoms with Crippen molar-refractivity contribution in [3.8, 4) is 0 Å². The van der Waals surface area contributed by atoms with Gasteiger partial charge in [0.25, 0.3) is 0 Å². The zero-order chi connectivity index (χ0) is 16.1. The molecule has 1 aromatic carbocycles. The van der Waals surface area contributed by atoms with Gasteiger partial charge in [-0.2, -0.15) is 0 Å². The van der Waals surface area contributed by atoms with Gasteiger partial charge in [-0.3, -0.25) is 4.79 Å². The van der Waals surface area contributed by atoms with E-state index in [4.69, 9.17) is 16.3 Å². The Bertz CT molecular complexity index is 560. The van der Waals surface area contributed by atoms with Crippen molar-refractivity contribution in [3.63, 3.8) is 0 Å². The van der Waals surface area contributed by atoms with E-state index in [2.05, 4.69) is 5.32 Å². The summed E-state index contributed by atoms with van der Waals surface area (Å²) in [7, 11) is 0. The number of benzene rings is 1. The van der Waals surface area contributed by atoms with Gasteiger partial charge in [0, 0.05) is 13.1 Å². The Kier molecular flexibility index (Phi) is 5.60. The van der Waals surface area contributed by atoms with Crippen LogP contribution in [-0.4, -0.2) is 36.6 Å². The predicted molar refractivity (Wildman–Crippen MR) is 81.4 cm³/mol. The first-order valence-corrected chi connectivity index (χ1v) is 7.57. The highest BCUT2D eigenvalue weighted by Crippen LogP contribution is 2.23. The summed E-state index contributed by atoms with van der Waals surface area (Å²) < 4.78 is 18.7. The van der Waals surface area contributed by atoms with Gasteiger partial charge in [-0.05, 0) is 31.9 Å². The first-order valence-electron chi connectivity index (χ1n) is 7.19. The lowest BCUT2D eigenvalue weighted by Crippen LogP contribution is -2.42. The molecule has 0 atom stereocenters. The number of hydrogen-bond donors (Lipinski definition) is 1. The number of carbonyl (C=O) groups excluding carboxylic acids is 2. The van der Waals surface area contributed by atoms with Crippen LogP contribution >= 0.6 is 11.6 Å². The van der Waals surface area contributed by atoms with Crippen LogP contribution in [0, 0.1) is 11.7 Å². The SMILES string of the molecule is CCOC(=O)C1CCN(C(=O)Nc2cccc(Cl)c2F)CC1. The molecule has 0 bridgehead atoms. The van der Waals surface area contributed by atoms with Crippen molar-refractivity contribution in [1.29, 1.82) is 0 Å². The Hall–Kier alpha value is -1.82. The van der Waals surface area contributed by atoms with Gasteiger partial charge in [-0.15, -0.1) is 0 Å². The van der Waals surface area contributed by atoms with Crippen LogP contribution < -0.4 is 5.32 Å². The van der Waals surface area contributed by atoms with Gasteiger partial charge < -0.3 is 15.0 Å². The molecule has 2 amide bonds. The van der Waals surface area contributed by atoms with Crippen LogP contribution in [0.25, 0.3) is 0 Å². The third kappa shape index (κ3) is 3.88. The van der Waals surface area contributed by atoms with Crippen molar-refractivity contribution in [1.82, 2.24) is 4.90 Å². The molecule has 0 saturated carbocycles. The van der Waals surface area contributed by atoms with Gasteiger partial charge in [0.2, 0.25) is 0 Å². The van der Waals surface area contributed by atoms with E-state index in [9.17, 15) is 14.0 Å². The first-order chi connectivity index (χ1) is 10.5. The number of amides is 2. The van der Waals surface area contributed by atoms with Gasteiger partial charge in [0.1, 0.15) is 0 Å². The summed E-state index contributed by atoms with van der Waals surface area (Å²) in [5.41, 5.74) is 0.0463. The standard InChI is InChI=1S/C15H18ClFN2O3/c1-2-22-14(20)10-6-8-19(9-7-10)15(21)18-12-5-3-4-11(16)13(12)17/h3-5,10H,2,6-9H2,1H3,(H,18,21). The maximum atomic E-state index is 13.8. The van der Waals surface area contributed by atoms with E-state index in [1.165, 1.54) is 12.1 Å². The molecule has 1 aromatic rings. The van der Waals surface area contributed by atoms with Crippen LogP contribution in [0.5, 0.6) is 0 Å². The second-order valence-electron chi connectivity index (χ2n) is 5.04. The summed E-state index contributed by atoms with van der Waals surface area (Å²) >= 11 is 5.68. The number of carbonyl (C=O) groups is 2. The molecular weight excluding hydrogens is 311 g/mol. The number of nitrogens with zero attached hydrogens (tertiary/aromatic N) is 1. The minimum atomic E-state index is -0.654. The Morgan fingerprint density at radius 1 is 1.41 bits per heavy atom. The number of piperidine rings is 1. The summed E-state index contributed by atoms with van der Waals surface area (Å²) in [6.45, 7) is 2.97. The van der Waals surface area contributed by atoms with E-state index < -0.39 is 11.8 Å². The Morgan fingerprint density at radius 3 is 2.73 bits per heavy atom. The van der Waals surface area contributed by atoms with Crippen LogP contribution in [0.1, 0.15) is 19.8 Å². The van der Waals surface area contributed by atoms with Crippen LogP contribution in [0.4, 0.5) is 14.9 Å². The maximum Gasteiger partial charge on any atom is 0.321 e. The summed E-state index contributed by atoms with van der Waals surface area (Å²) in [4.78, 5) is 25.3. The molecule has 1 N–H and O–H groups in total. The predicted octanol–water partition coefficient (Wildman–Crippen LogP) is 3.29. The molecule has 1 aliphatic heterocycles. The van der Waals surface area contributed by atoms with Crippen molar-refractivity contribution >= 4 is 29.3 Å². The molecular formula is C15H18ClFN2O3. The monoisotopic (exact) mass is 328 g/mol. The van der Waals surface area contributed by atoms with E-state index in [1.54, 1.807) is 17.9 Å². The minimum Gasteiger partial charge on any atom is -0.466 e. The molecule has 22 heavy (non-hydrogen) atoms. The summed E-state index contributed by atoms with van der Waals surface area (Å²) in [5, 5.41) is 2.46. The van der Waals surface area contributed by atoms with Gasteiger partial charge >= 0.3 is 12.0 Å². The highest BCUT2D eigenvalue weighted by molar-refractivity contribution is 6.31. The van der Waals surface area contributed by atoms with Crippen molar-refractivity contribution < 1.29 is 18.7 Å². The number of urea groups is 1. The van der Waals surface area contributed by atoms with Crippen molar-refractivity contribution in [2.45, 2.75) is 19.8 Å². The minimum absolute atomic E-state index is 0.0428. The van der Waals surface area contributed by atoms with E-state index in [0.29, 0.717) is 32.5 Å². The molecule has 7 heteroatoms. The lowest BCUT2D eigenvalue weighted by Gasteiger charge is -2.30. The average molecular weight is 329 g/mol. The molecule has 0 radical (unpaired) electrons. The maximum absolute atomic E-state index is 13.8. The summed E-state index contributed by atoms with van der Waals surface area (Å²) in [6.07, 6.45) is 1.09. The normalized spacial score (nSPS) is 15.5. The quantitative estimate of drug-likeness (QED) is 0.866. The topological polar surface area (TPSA) is 58.6 Å². The van der Waals surface area contributed by atoms with E-state index >= 15 is 0 Å². The number of ether oxygens (including phenoxy) is 1. The molecule has 2 rings (SSSR count). The molecule has 0 spiro atoms. The van der Waals surface area contributed by atoms with E-state index in [1.807, 2.05) is 0 Å². The second kappa shape index (κ2) is 7.45. The molecule has 0 unspecified atom stereocenters. The van der Waals surface area contributed by atoms with Gasteiger partial charge in [0.05, 0.1) is 23.2 Å². The average Bonchev–Trinajstić information content (AvgIpc) is 2.52.